The normalized spacial score (nSPS) is 27.0. The summed E-state index contributed by atoms with van der Waals surface area (Å²) in [4.78, 5) is 4.19. The van der Waals surface area contributed by atoms with E-state index in [2.05, 4.69) is 22.3 Å². The first-order chi connectivity index (χ1) is 6.74. The van der Waals surface area contributed by atoms with Crippen molar-refractivity contribution in [3.63, 3.8) is 0 Å². The first kappa shape index (κ1) is 9.65. The van der Waals surface area contributed by atoms with E-state index in [4.69, 9.17) is 0 Å². The highest BCUT2D eigenvalue weighted by Crippen LogP contribution is 2.24. The van der Waals surface area contributed by atoms with Crippen molar-refractivity contribution in [3.8, 4) is 0 Å². The Kier molecular flexibility index (Phi) is 2.82. The Morgan fingerprint density at radius 1 is 1.57 bits per heavy atom. The lowest BCUT2D eigenvalue weighted by atomic mass is 10.1. The molecule has 1 aromatic rings. The Labute approximate surface area is 84.7 Å². The van der Waals surface area contributed by atoms with Gasteiger partial charge < -0.3 is 5.32 Å². The lowest BCUT2D eigenvalue weighted by Crippen LogP contribution is -2.26. The van der Waals surface area contributed by atoms with Crippen LogP contribution in [0, 0.1) is 5.92 Å². The summed E-state index contributed by atoms with van der Waals surface area (Å²) in [6.07, 6.45) is 5.70. The Balaban J connectivity index is 1.77. The van der Waals surface area contributed by atoms with E-state index in [-0.39, 0.29) is 0 Å². The highest BCUT2D eigenvalue weighted by atomic mass is 15.3. The summed E-state index contributed by atoms with van der Waals surface area (Å²) in [7, 11) is 1.90. The summed E-state index contributed by atoms with van der Waals surface area (Å²) in [5.74, 6) is 1.77. The van der Waals surface area contributed by atoms with Crippen molar-refractivity contribution in [1.82, 2.24) is 20.1 Å². The Morgan fingerprint density at radius 3 is 3.00 bits per heavy atom. The third kappa shape index (κ3) is 2.32. The number of hydrogen-bond acceptors (Lipinski definition) is 3. The minimum Gasteiger partial charge on any atom is -0.307 e. The fraction of sp³-hybridized carbons (Fsp3) is 0.800. The van der Waals surface area contributed by atoms with Gasteiger partial charge in [0.1, 0.15) is 6.33 Å². The van der Waals surface area contributed by atoms with Crippen LogP contribution in [0.5, 0.6) is 0 Å². The molecule has 1 saturated carbocycles. The molecule has 14 heavy (non-hydrogen) atoms. The summed E-state index contributed by atoms with van der Waals surface area (Å²) in [6.45, 7) is 3.12. The quantitative estimate of drug-likeness (QED) is 0.783. The van der Waals surface area contributed by atoms with Crippen LogP contribution in [0.25, 0.3) is 0 Å². The Hall–Kier alpha value is -0.900. The molecule has 2 atom stereocenters. The predicted octanol–water partition coefficient (Wildman–Crippen LogP) is 1.09. The summed E-state index contributed by atoms with van der Waals surface area (Å²) in [5, 5.41) is 7.74. The van der Waals surface area contributed by atoms with Crippen LogP contribution in [0.1, 0.15) is 32.0 Å². The fourth-order valence-electron chi connectivity index (χ4n) is 2.09. The monoisotopic (exact) mass is 194 g/mol. The zero-order chi connectivity index (χ0) is 9.97. The van der Waals surface area contributed by atoms with Gasteiger partial charge in [-0.05, 0) is 25.2 Å². The zero-order valence-electron chi connectivity index (χ0n) is 8.90. The first-order valence-electron chi connectivity index (χ1n) is 5.32. The Bertz CT molecular complexity index is 294. The molecule has 1 fully saturated rings. The lowest BCUT2D eigenvalue weighted by molar-refractivity contribution is 0.493. The highest BCUT2D eigenvalue weighted by molar-refractivity contribution is 4.84. The number of nitrogens with zero attached hydrogens (tertiary/aromatic N) is 3. The van der Waals surface area contributed by atoms with Crippen LogP contribution in [0.3, 0.4) is 0 Å². The molecule has 4 heteroatoms. The molecule has 0 saturated heterocycles. The van der Waals surface area contributed by atoms with Gasteiger partial charge in [0.05, 0.1) is 6.54 Å². The third-order valence-corrected chi connectivity index (χ3v) is 2.89. The molecule has 1 N–H and O–H groups in total. The molecule has 0 bridgehead atoms. The summed E-state index contributed by atoms with van der Waals surface area (Å²) in [5.41, 5.74) is 0. The van der Waals surface area contributed by atoms with Gasteiger partial charge in [0, 0.05) is 13.1 Å². The van der Waals surface area contributed by atoms with Gasteiger partial charge in [0.25, 0.3) is 0 Å². The second-order valence-electron chi connectivity index (χ2n) is 4.33. The van der Waals surface area contributed by atoms with E-state index in [1.807, 2.05) is 7.05 Å². The molecule has 2 unspecified atom stereocenters. The molecule has 0 aliphatic heterocycles. The van der Waals surface area contributed by atoms with Crippen molar-refractivity contribution in [1.29, 1.82) is 0 Å². The minimum atomic E-state index is 0.675. The van der Waals surface area contributed by atoms with Gasteiger partial charge in [-0.3, -0.25) is 4.68 Å². The second-order valence-corrected chi connectivity index (χ2v) is 4.33. The second kappa shape index (κ2) is 4.09. The lowest BCUT2D eigenvalue weighted by Gasteiger charge is -2.09. The van der Waals surface area contributed by atoms with E-state index in [0.717, 1.165) is 18.3 Å². The number of nitrogens with one attached hydrogen (secondary N) is 1. The molecular weight excluding hydrogens is 176 g/mol. The number of hydrogen-bond donors (Lipinski definition) is 1. The van der Waals surface area contributed by atoms with Crippen molar-refractivity contribution in [2.24, 2.45) is 13.0 Å². The average Bonchev–Trinajstić information content (AvgIpc) is 2.72. The molecule has 4 nitrogen and oxygen atoms in total. The third-order valence-electron chi connectivity index (χ3n) is 2.89. The van der Waals surface area contributed by atoms with Gasteiger partial charge in [-0.25, -0.2) is 4.98 Å². The summed E-state index contributed by atoms with van der Waals surface area (Å²) >= 11 is 0. The van der Waals surface area contributed by atoms with Crippen molar-refractivity contribution < 1.29 is 0 Å². The summed E-state index contributed by atoms with van der Waals surface area (Å²) < 4.78 is 1.74. The van der Waals surface area contributed by atoms with Crippen molar-refractivity contribution >= 4 is 0 Å². The van der Waals surface area contributed by atoms with E-state index in [1.165, 1.54) is 19.3 Å². The van der Waals surface area contributed by atoms with E-state index >= 15 is 0 Å². The van der Waals surface area contributed by atoms with Gasteiger partial charge in [0.2, 0.25) is 0 Å². The molecule has 0 aromatic carbocycles. The topological polar surface area (TPSA) is 42.7 Å². The van der Waals surface area contributed by atoms with Crippen molar-refractivity contribution in [2.45, 2.75) is 38.8 Å². The average molecular weight is 194 g/mol. The minimum absolute atomic E-state index is 0.675. The van der Waals surface area contributed by atoms with Gasteiger partial charge >= 0.3 is 0 Å². The SMILES string of the molecule is CC1CCC(NCc2ncn(C)n2)C1. The smallest absolute Gasteiger partial charge is 0.164 e. The van der Waals surface area contributed by atoms with Crippen LogP contribution in [-0.2, 0) is 13.6 Å². The van der Waals surface area contributed by atoms with Crippen LogP contribution in [0.2, 0.25) is 0 Å². The predicted molar refractivity (Wildman–Crippen MR) is 54.6 cm³/mol. The van der Waals surface area contributed by atoms with Gasteiger partial charge in [-0.15, -0.1) is 0 Å². The van der Waals surface area contributed by atoms with Gasteiger partial charge in [0.15, 0.2) is 5.82 Å². The van der Waals surface area contributed by atoms with Crippen molar-refractivity contribution in [2.75, 3.05) is 0 Å². The van der Waals surface area contributed by atoms with Gasteiger partial charge in [-0.2, -0.15) is 5.10 Å². The maximum absolute atomic E-state index is 4.23. The van der Waals surface area contributed by atoms with E-state index in [1.54, 1.807) is 11.0 Å². The van der Waals surface area contributed by atoms with Gasteiger partial charge in [-0.1, -0.05) is 6.92 Å². The molecule has 2 rings (SSSR count). The van der Waals surface area contributed by atoms with E-state index < -0.39 is 0 Å². The maximum atomic E-state index is 4.23. The zero-order valence-corrected chi connectivity index (χ0v) is 8.90. The van der Waals surface area contributed by atoms with Crippen molar-refractivity contribution in [3.05, 3.63) is 12.2 Å². The first-order valence-corrected chi connectivity index (χ1v) is 5.32. The number of rotatable bonds is 3. The number of aryl methyl sites for hydroxylation is 1. The highest BCUT2D eigenvalue weighted by Gasteiger charge is 2.20. The van der Waals surface area contributed by atoms with Crippen LogP contribution < -0.4 is 5.32 Å². The van der Waals surface area contributed by atoms with Crippen LogP contribution >= 0.6 is 0 Å². The fourth-order valence-corrected chi connectivity index (χ4v) is 2.09. The molecule has 1 heterocycles. The molecule has 0 spiro atoms. The Morgan fingerprint density at radius 2 is 2.43 bits per heavy atom. The molecular formula is C10H18N4. The van der Waals surface area contributed by atoms with E-state index in [9.17, 15) is 0 Å². The molecule has 1 aliphatic rings. The molecule has 78 valence electrons. The molecule has 0 radical (unpaired) electrons. The summed E-state index contributed by atoms with van der Waals surface area (Å²) in [6, 6.07) is 0.675. The maximum Gasteiger partial charge on any atom is 0.164 e. The number of aromatic nitrogens is 3. The standard InChI is InChI=1S/C10H18N4/c1-8-3-4-9(5-8)11-6-10-12-7-14(2)13-10/h7-9,11H,3-6H2,1-2H3. The largest absolute Gasteiger partial charge is 0.307 e. The van der Waals surface area contributed by atoms with Crippen LogP contribution in [0.4, 0.5) is 0 Å². The van der Waals surface area contributed by atoms with Crippen LogP contribution in [-0.4, -0.2) is 20.8 Å². The molecule has 1 aromatic heterocycles. The molecule has 1 aliphatic carbocycles. The molecule has 0 amide bonds. The van der Waals surface area contributed by atoms with E-state index in [0.29, 0.717) is 6.04 Å². The van der Waals surface area contributed by atoms with Crippen LogP contribution in [0.15, 0.2) is 6.33 Å².